The van der Waals surface area contributed by atoms with Crippen LogP contribution < -0.4 is 16.4 Å². The lowest BCUT2D eigenvalue weighted by Gasteiger charge is -2.23. The Hall–Kier alpha value is -3.93. The summed E-state index contributed by atoms with van der Waals surface area (Å²) in [6.45, 7) is 7.42. The number of hydrogen-bond donors (Lipinski definition) is 3. The third-order valence-electron chi connectivity index (χ3n) is 4.91. The van der Waals surface area contributed by atoms with E-state index < -0.39 is 29.7 Å². The zero-order valence-corrected chi connectivity index (χ0v) is 22.0. The van der Waals surface area contributed by atoms with Crippen molar-refractivity contribution in [3.05, 3.63) is 57.7 Å². The van der Waals surface area contributed by atoms with E-state index >= 15 is 0 Å². The highest BCUT2D eigenvalue weighted by Crippen LogP contribution is 2.29. The number of primary amides is 1. The van der Waals surface area contributed by atoms with Crippen LogP contribution in [0.3, 0.4) is 0 Å². The van der Waals surface area contributed by atoms with Gasteiger partial charge in [-0.15, -0.1) is 11.3 Å². The fraction of sp³-hybridized carbons (Fsp3) is 0.400. The molecule has 0 spiro atoms. The van der Waals surface area contributed by atoms with Crippen molar-refractivity contribution in [1.82, 2.24) is 20.6 Å². The standard InChI is InChI=1S/C25H31N5O6S/c1-15-19(20(26)31)30-21(35-15)18-14-37-22(28-18)17(29-24(33)36-25(2,3)4)11-8-12-27-23(32)34-13-16-9-6-5-7-10-16/h5-7,9-10,14,17H,8,11-13H2,1-4H3,(H2,26,31)(H,27,32)(H,29,33)/t17-/m0/s1. The number of carbonyl (C=O) groups is 3. The van der Waals surface area contributed by atoms with Crippen molar-refractivity contribution in [2.45, 2.75) is 58.8 Å². The molecular weight excluding hydrogens is 498 g/mol. The summed E-state index contributed by atoms with van der Waals surface area (Å²) in [4.78, 5) is 44.7. The highest BCUT2D eigenvalue weighted by molar-refractivity contribution is 7.10. The molecule has 2 heterocycles. The third-order valence-corrected chi connectivity index (χ3v) is 5.87. The number of hydrogen-bond acceptors (Lipinski definition) is 9. The second kappa shape index (κ2) is 12.3. The molecule has 0 saturated carbocycles. The van der Waals surface area contributed by atoms with Crippen LogP contribution in [-0.2, 0) is 16.1 Å². The van der Waals surface area contributed by atoms with Gasteiger partial charge in [-0.2, -0.15) is 0 Å². The van der Waals surface area contributed by atoms with Gasteiger partial charge in [0.05, 0.1) is 6.04 Å². The Kier molecular flexibility index (Phi) is 9.23. The van der Waals surface area contributed by atoms with Crippen molar-refractivity contribution in [2.24, 2.45) is 5.73 Å². The van der Waals surface area contributed by atoms with Crippen molar-refractivity contribution in [3.63, 3.8) is 0 Å². The molecule has 0 radical (unpaired) electrons. The summed E-state index contributed by atoms with van der Waals surface area (Å²) < 4.78 is 16.2. The lowest BCUT2D eigenvalue weighted by molar-refractivity contribution is 0.0499. The number of ether oxygens (including phenoxy) is 2. The van der Waals surface area contributed by atoms with Crippen molar-refractivity contribution in [2.75, 3.05) is 6.54 Å². The molecule has 1 aromatic carbocycles. The summed E-state index contributed by atoms with van der Waals surface area (Å²) in [5, 5.41) is 7.86. The number of alkyl carbamates (subject to hydrolysis) is 2. The normalized spacial score (nSPS) is 12.0. The first-order valence-electron chi connectivity index (χ1n) is 11.7. The lowest BCUT2D eigenvalue weighted by Crippen LogP contribution is -2.35. The zero-order chi connectivity index (χ0) is 27.0. The van der Waals surface area contributed by atoms with Gasteiger partial charge in [0.2, 0.25) is 5.89 Å². The maximum absolute atomic E-state index is 12.5. The lowest BCUT2D eigenvalue weighted by atomic mass is 10.1. The molecular formula is C25H31N5O6S. The number of benzene rings is 1. The Labute approximate surface area is 218 Å². The summed E-state index contributed by atoms with van der Waals surface area (Å²) in [7, 11) is 0. The molecule has 1 atom stereocenters. The molecule has 3 rings (SSSR count). The highest BCUT2D eigenvalue weighted by Gasteiger charge is 2.24. The van der Waals surface area contributed by atoms with E-state index in [0.717, 1.165) is 5.56 Å². The Morgan fingerprint density at radius 1 is 1.14 bits per heavy atom. The van der Waals surface area contributed by atoms with Crippen LogP contribution in [0.2, 0.25) is 0 Å². The SMILES string of the molecule is Cc1oc(-c2csc([C@H](CCCNC(=O)OCc3ccccc3)NC(=O)OC(C)(C)C)n2)nc1C(N)=O. The predicted octanol–water partition coefficient (Wildman–Crippen LogP) is 4.48. The molecule has 2 aromatic heterocycles. The summed E-state index contributed by atoms with van der Waals surface area (Å²) in [6, 6.07) is 8.88. The van der Waals surface area contributed by atoms with Gasteiger partial charge in [0.1, 0.15) is 28.7 Å². The van der Waals surface area contributed by atoms with Gasteiger partial charge in [0.25, 0.3) is 5.91 Å². The fourth-order valence-corrected chi connectivity index (χ4v) is 4.14. The summed E-state index contributed by atoms with van der Waals surface area (Å²) >= 11 is 1.30. The topological polar surface area (TPSA) is 159 Å². The number of oxazole rings is 1. The third kappa shape index (κ3) is 8.60. The monoisotopic (exact) mass is 529 g/mol. The molecule has 0 aliphatic carbocycles. The van der Waals surface area contributed by atoms with Crippen LogP contribution in [0.4, 0.5) is 9.59 Å². The quantitative estimate of drug-likeness (QED) is 0.324. The number of carbonyl (C=O) groups excluding carboxylic acids is 3. The van der Waals surface area contributed by atoms with Crippen molar-refractivity contribution >= 4 is 29.4 Å². The summed E-state index contributed by atoms with van der Waals surface area (Å²) in [5.41, 5.74) is 5.99. The van der Waals surface area contributed by atoms with Crippen molar-refractivity contribution in [1.29, 1.82) is 0 Å². The maximum Gasteiger partial charge on any atom is 0.408 e. The minimum absolute atomic E-state index is 0.0400. The van der Waals surface area contributed by atoms with E-state index in [0.29, 0.717) is 35.8 Å². The van der Waals surface area contributed by atoms with Gasteiger partial charge in [0.15, 0.2) is 5.69 Å². The molecule has 3 amide bonds. The second-order valence-electron chi connectivity index (χ2n) is 9.19. The van der Waals surface area contributed by atoms with E-state index in [2.05, 4.69) is 20.6 Å². The Balaban J connectivity index is 1.61. The molecule has 4 N–H and O–H groups in total. The molecule has 0 fully saturated rings. The molecule has 12 heteroatoms. The number of nitrogens with one attached hydrogen (secondary N) is 2. The molecule has 3 aromatic rings. The first-order chi connectivity index (χ1) is 17.5. The van der Waals surface area contributed by atoms with Crippen LogP contribution in [-0.4, -0.2) is 40.2 Å². The highest BCUT2D eigenvalue weighted by atomic mass is 32.1. The van der Waals surface area contributed by atoms with E-state index in [1.807, 2.05) is 30.3 Å². The van der Waals surface area contributed by atoms with Gasteiger partial charge < -0.3 is 30.3 Å². The minimum atomic E-state index is -0.692. The fourth-order valence-electron chi connectivity index (χ4n) is 3.26. The number of aryl methyl sites for hydroxylation is 1. The Morgan fingerprint density at radius 3 is 2.51 bits per heavy atom. The maximum atomic E-state index is 12.5. The zero-order valence-electron chi connectivity index (χ0n) is 21.2. The number of aromatic nitrogens is 2. The first-order valence-corrected chi connectivity index (χ1v) is 12.6. The largest absolute Gasteiger partial charge is 0.445 e. The van der Waals surface area contributed by atoms with Gasteiger partial charge in [-0.05, 0) is 46.1 Å². The van der Waals surface area contributed by atoms with Gasteiger partial charge in [-0.3, -0.25) is 4.79 Å². The van der Waals surface area contributed by atoms with Crippen LogP contribution >= 0.6 is 11.3 Å². The number of rotatable bonds is 10. The number of nitrogens with two attached hydrogens (primary N) is 1. The summed E-state index contributed by atoms with van der Waals surface area (Å²) in [5.74, 6) is -0.236. The van der Waals surface area contributed by atoms with Crippen LogP contribution in [0.5, 0.6) is 0 Å². The van der Waals surface area contributed by atoms with E-state index in [4.69, 9.17) is 19.6 Å². The van der Waals surface area contributed by atoms with Gasteiger partial charge in [-0.1, -0.05) is 30.3 Å². The average Bonchev–Trinajstić information content (AvgIpc) is 3.46. The van der Waals surface area contributed by atoms with Crippen LogP contribution in [0.25, 0.3) is 11.6 Å². The molecule has 0 bridgehead atoms. The van der Waals surface area contributed by atoms with Crippen LogP contribution in [0.15, 0.2) is 40.1 Å². The smallest absolute Gasteiger partial charge is 0.408 e. The van der Waals surface area contributed by atoms with E-state index in [1.165, 1.54) is 11.3 Å². The predicted molar refractivity (Wildman–Crippen MR) is 137 cm³/mol. The number of thiazole rings is 1. The molecule has 0 saturated heterocycles. The minimum Gasteiger partial charge on any atom is -0.445 e. The van der Waals surface area contributed by atoms with Gasteiger partial charge in [-0.25, -0.2) is 19.6 Å². The van der Waals surface area contributed by atoms with E-state index in [-0.39, 0.29) is 18.2 Å². The molecule has 198 valence electrons. The first kappa shape index (κ1) is 27.7. The molecule has 0 aliphatic heterocycles. The van der Waals surface area contributed by atoms with Crippen molar-refractivity contribution < 1.29 is 28.3 Å². The number of amides is 3. The molecule has 0 unspecified atom stereocenters. The second-order valence-corrected chi connectivity index (χ2v) is 10.1. The van der Waals surface area contributed by atoms with E-state index in [9.17, 15) is 14.4 Å². The number of nitrogens with zero attached hydrogens (tertiary/aromatic N) is 2. The van der Waals surface area contributed by atoms with Crippen molar-refractivity contribution in [3.8, 4) is 11.6 Å². The molecule has 11 nitrogen and oxygen atoms in total. The Morgan fingerprint density at radius 2 is 1.86 bits per heavy atom. The van der Waals surface area contributed by atoms with Gasteiger partial charge >= 0.3 is 12.2 Å². The molecule has 37 heavy (non-hydrogen) atoms. The van der Waals surface area contributed by atoms with Gasteiger partial charge in [0, 0.05) is 11.9 Å². The average molecular weight is 530 g/mol. The Bertz CT molecular complexity index is 1220. The van der Waals surface area contributed by atoms with Crippen LogP contribution in [0, 0.1) is 6.92 Å². The summed E-state index contributed by atoms with van der Waals surface area (Å²) in [6.07, 6.45) is -0.128. The van der Waals surface area contributed by atoms with E-state index in [1.54, 1.807) is 33.1 Å². The molecule has 0 aliphatic rings. The van der Waals surface area contributed by atoms with Crippen LogP contribution in [0.1, 0.15) is 66.5 Å².